The summed E-state index contributed by atoms with van der Waals surface area (Å²) in [5.74, 6) is -0.225. The molecule has 0 fully saturated rings. The fraction of sp³-hybridized carbons (Fsp3) is 0.0400. The van der Waals surface area contributed by atoms with Gasteiger partial charge in [-0.15, -0.1) is 22.7 Å². The third-order valence-electron chi connectivity index (χ3n) is 5.24. The second kappa shape index (κ2) is 7.52. The highest BCUT2D eigenvalue weighted by Crippen LogP contribution is 2.42. The van der Waals surface area contributed by atoms with Gasteiger partial charge in [0.25, 0.3) is 0 Å². The third-order valence-corrected chi connectivity index (χ3v) is 6.98. The molecule has 3 nitrogen and oxygen atoms in total. The van der Waals surface area contributed by atoms with Crippen molar-refractivity contribution in [3.8, 4) is 0 Å². The summed E-state index contributed by atoms with van der Waals surface area (Å²) < 4.78 is 5.77. The number of hydrogen-bond donors (Lipinski definition) is 0. The van der Waals surface area contributed by atoms with Crippen molar-refractivity contribution in [2.24, 2.45) is 0 Å². The van der Waals surface area contributed by atoms with Gasteiger partial charge in [0.05, 0.1) is 16.0 Å². The van der Waals surface area contributed by atoms with Crippen LogP contribution in [0.5, 0.6) is 0 Å². The molecule has 0 saturated heterocycles. The van der Waals surface area contributed by atoms with Gasteiger partial charge in [0.2, 0.25) is 0 Å². The van der Waals surface area contributed by atoms with E-state index in [4.69, 9.17) is 4.42 Å². The second-order valence-corrected chi connectivity index (χ2v) is 8.80. The number of ketones is 2. The van der Waals surface area contributed by atoms with E-state index < -0.39 is 5.41 Å². The van der Waals surface area contributed by atoms with Crippen molar-refractivity contribution in [3.05, 3.63) is 117 Å². The van der Waals surface area contributed by atoms with Crippen molar-refractivity contribution in [1.82, 2.24) is 0 Å². The molecule has 0 amide bonds. The van der Waals surface area contributed by atoms with Gasteiger partial charge in [-0.05, 0) is 57.4 Å². The molecule has 0 saturated carbocycles. The molecule has 3 aromatic heterocycles. The van der Waals surface area contributed by atoms with E-state index in [0.717, 1.165) is 10.8 Å². The number of fused-ring (bicyclic) bond motifs is 1. The first-order valence-electron chi connectivity index (χ1n) is 9.41. The van der Waals surface area contributed by atoms with Gasteiger partial charge < -0.3 is 4.42 Å². The molecule has 0 aliphatic rings. The molecule has 0 N–H and O–H groups in total. The summed E-state index contributed by atoms with van der Waals surface area (Å²) in [5.41, 5.74) is -0.989. The molecule has 30 heavy (non-hydrogen) atoms. The van der Waals surface area contributed by atoms with Crippen LogP contribution in [0.2, 0.25) is 0 Å². The minimum Gasteiger partial charge on any atom is -0.467 e. The van der Waals surface area contributed by atoms with Gasteiger partial charge >= 0.3 is 0 Å². The third kappa shape index (κ3) is 2.86. The molecule has 5 heteroatoms. The zero-order valence-corrected chi connectivity index (χ0v) is 17.4. The van der Waals surface area contributed by atoms with Crippen LogP contribution in [0.3, 0.4) is 0 Å². The Morgan fingerprint density at radius 2 is 1.37 bits per heavy atom. The highest BCUT2D eigenvalue weighted by molar-refractivity contribution is 7.13. The van der Waals surface area contributed by atoms with Gasteiger partial charge in [-0.25, -0.2) is 0 Å². The Kier molecular flexibility index (Phi) is 4.69. The standard InChI is InChI=1S/C25H16O3S2/c26-23(20-8-4-14-29-20)25(22-10-3-13-28-22,24(27)21-9-5-15-30-21)19-12-11-17-6-1-2-7-18(17)16-19/h1-16H. The normalized spacial score (nSPS) is 11.6. The molecule has 0 aliphatic carbocycles. The Hall–Kier alpha value is -3.28. The summed E-state index contributed by atoms with van der Waals surface area (Å²) in [5, 5.41) is 5.69. The Balaban J connectivity index is 1.85. The van der Waals surface area contributed by atoms with E-state index in [1.165, 1.54) is 28.9 Å². The van der Waals surface area contributed by atoms with E-state index in [1.54, 1.807) is 24.3 Å². The maximum Gasteiger partial charge on any atom is 0.198 e. The second-order valence-electron chi connectivity index (χ2n) is 6.90. The van der Waals surface area contributed by atoms with E-state index in [9.17, 15) is 9.59 Å². The zero-order chi connectivity index (χ0) is 20.6. The van der Waals surface area contributed by atoms with Crippen LogP contribution >= 0.6 is 22.7 Å². The molecular weight excluding hydrogens is 412 g/mol. The summed E-state index contributed by atoms with van der Waals surface area (Å²) in [6.07, 6.45) is 1.51. The maximum absolute atomic E-state index is 14.0. The van der Waals surface area contributed by atoms with E-state index in [1.807, 2.05) is 65.4 Å². The van der Waals surface area contributed by atoms with E-state index in [0.29, 0.717) is 21.1 Å². The molecule has 0 radical (unpaired) electrons. The number of furan rings is 1. The quantitative estimate of drug-likeness (QED) is 0.226. The fourth-order valence-corrected chi connectivity index (χ4v) is 5.27. The molecule has 2 aromatic carbocycles. The van der Waals surface area contributed by atoms with E-state index >= 15 is 0 Å². The number of benzene rings is 2. The lowest BCUT2D eigenvalue weighted by Gasteiger charge is -2.29. The summed E-state index contributed by atoms with van der Waals surface area (Å²) in [7, 11) is 0. The Morgan fingerprint density at radius 3 is 1.93 bits per heavy atom. The van der Waals surface area contributed by atoms with Gasteiger partial charge in [0.1, 0.15) is 5.76 Å². The van der Waals surface area contributed by atoms with Gasteiger partial charge in [0.15, 0.2) is 17.0 Å². The van der Waals surface area contributed by atoms with E-state index in [2.05, 4.69) is 0 Å². The van der Waals surface area contributed by atoms with Gasteiger partial charge in [-0.1, -0.05) is 48.5 Å². The Bertz CT molecular complexity index is 1270. The highest BCUT2D eigenvalue weighted by atomic mass is 32.1. The highest BCUT2D eigenvalue weighted by Gasteiger charge is 2.52. The predicted molar refractivity (Wildman–Crippen MR) is 121 cm³/mol. The number of Topliss-reactive ketones (excluding diaryl/α,β-unsaturated/α-hetero) is 2. The maximum atomic E-state index is 14.0. The van der Waals surface area contributed by atoms with Crippen LogP contribution in [0.25, 0.3) is 10.8 Å². The number of carbonyl (C=O) groups excluding carboxylic acids is 2. The lowest BCUT2D eigenvalue weighted by atomic mass is 9.70. The topological polar surface area (TPSA) is 47.3 Å². The van der Waals surface area contributed by atoms with Crippen LogP contribution in [0.15, 0.2) is 100 Å². The van der Waals surface area contributed by atoms with Gasteiger partial charge in [-0.3, -0.25) is 9.59 Å². The van der Waals surface area contributed by atoms with Gasteiger partial charge in [-0.2, -0.15) is 0 Å². The van der Waals surface area contributed by atoms with Crippen molar-refractivity contribution in [3.63, 3.8) is 0 Å². The monoisotopic (exact) mass is 428 g/mol. The Labute approximate surface area is 181 Å². The van der Waals surface area contributed by atoms with Gasteiger partial charge in [0, 0.05) is 0 Å². The molecule has 3 heterocycles. The molecule has 146 valence electrons. The van der Waals surface area contributed by atoms with E-state index in [-0.39, 0.29) is 11.6 Å². The average molecular weight is 429 g/mol. The van der Waals surface area contributed by atoms with Crippen LogP contribution in [0.1, 0.15) is 30.7 Å². The molecule has 0 atom stereocenters. The van der Waals surface area contributed by atoms with Crippen LogP contribution < -0.4 is 0 Å². The van der Waals surface area contributed by atoms with Crippen LogP contribution in [0, 0.1) is 0 Å². The first-order chi connectivity index (χ1) is 14.7. The molecule has 0 unspecified atom stereocenters. The molecule has 0 spiro atoms. The van der Waals surface area contributed by atoms with Crippen molar-refractivity contribution in [2.75, 3.05) is 0 Å². The fourth-order valence-electron chi connectivity index (χ4n) is 3.83. The molecule has 5 rings (SSSR count). The van der Waals surface area contributed by atoms with Crippen LogP contribution in [-0.2, 0) is 5.41 Å². The van der Waals surface area contributed by atoms with Crippen molar-refractivity contribution in [1.29, 1.82) is 0 Å². The summed E-state index contributed by atoms with van der Waals surface area (Å²) >= 11 is 2.66. The number of carbonyl (C=O) groups is 2. The van der Waals surface area contributed by atoms with Crippen molar-refractivity contribution < 1.29 is 14.0 Å². The minimum atomic E-state index is -1.59. The number of rotatable bonds is 6. The first kappa shape index (κ1) is 18.7. The lowest BCUT2D eigenvalue weighted by molar-refractivity contribution is 0.0783. The van der Waals surface area contributed by atoms with Crippen molar-refractivity contribution in [2.45, 2.75) is 5.41 Å². The molecule has 0 bridgehead atoms. The SMILES string of the molecule is O=C(c1cccs1)C(C(=O)c1cccs1)(c1ccc2ccccc2c1)c1ccco1. The van der Waals surface area contributed by atoms with Crippen molar-refractivity contribution >= 4 is 45.0 Å². The van der Waals surface area contributed by atoms with Crippen LogP contribution in [-0.4, -0.2) is 11.6 Å². The molecular formula is C25H16O3S2. The Morgan fingerprint density at radius 1 is 0.700 bits per heavy atom. The molecule has 0 aliphatic heterocycles. The average Bonchev–Trinajstić information content (AvgIpc) is 3.57. The zero-order valence-electron chi connectivity index (χ0n) is 15.8. The predicted octanol–water partition coefficient (Wildman–Crippen LogP) is 6.61. The van der Waals surface area contributed by atoms with Crippen LogP contribution in [0.4, 0.5) is 0 Å². The molecule has 5 aromatic rings. The summed E-state index contributed by atoms with van der Waals surface area (Å²) in [6, 6.07) is 24.2. The largest absolute Gasteiger partial charge is 0.467 e. The summed E-state index contributed by atoms with van der Waals surface area (Å²) in [4.78, 5) is 29.1. The minimum absolute atomic E-state index is 0.277. The lowest BCUT2D eigenvalue weighted by Crippen LogP contribution is -2.44. The number of hydrogen-bond acceptors (Lipinski definition) is 5. The smallest absolute Gasteiger partial charge is 0.198 e. The summed E-state index contributed by atoms with van der Waals surface area (Å²) in [6.45, 7) is 0. The first-order valence-corrected chi connectivity index (χ1v) is 11.2. The number of thiophene rings is 2.